The third-order valence-electron chi connectivity index (χ3n) is 2.40. The topological polar surface area (TPSA) is 64.6 Å². The van der Waals surface area contributed by atoms with Gasteiger partial charge in [0.05, 0.1) is 18.9 Å². The molecule has 18 heavy (non-hydrogen) atoms. The molecule has 0 radical (unpaired) electrons. The summed E-state index contributed by atoms with van der Waals surface area (Å²) in [7, 11) is 1.32. The van der Waals surface area contributed by atoms with Gasteiger partial charge in [0.2, 0.25) is 0 Å². The van der Waals surface area contributed by atoms with Gasteiger partial charge in [0, 0.05) is 6.54 Å². The second kappa shape index (κ2) is 6.73. The number of carbonyl (C=O) groups excluding carboxylic acids is 2. The van der Waals surface area contributed by atoms with Crippen LogP contribution in [0.15, 0.2) is 0 Å². The Morgan fingerprint density at radius 3 is 2.11 bits per heavy atom. The number of rotatable bonds is 6. The quantitative estimate of drug-likeness (QED) is 0.732. The van der Waals surface area contributed by atoms with Crippen LogP contribution in [0.25, 0.3) is 0 Å². The molecule has 0 fully saturated rings. The number of esters is 2. The predicted molar refractivity (Wildman–Crippen MR) is 69.1 cm³/mol. The summed E-state index contributed by atoms with van der Waals surface area (Å²) in [6.45, 7) is 10.1. The van der Waals surface area contributed by atoms with Gasteiger partial charge in [0.1, 0.15) is 5.60 Å². The molecule has 0 spiro atoms. The summed E-state index contributed by atoms with van der Waals surface area (Å²) in [6, 6.07) is 0. The highest BCUT2D eigenvalue weighted by molar-refractivity contribution is 5.83. The first kappa shape index (κ1) is 16.9. The maximum absolute atomic E-state index is 11.8. The summed E-state index contributed by atoms with van der Waals surface area (Å²) in [5.41, 5.74) is -1.45. The highest BCUT2D eigenvalue weighted by atomic mass is 16.6. The predicted octanol–water partition coefficient (Wildman–Crippen LogP) is 1.51. The Labute approximate surface area is 109 Å². The average Bonchev–Trinajstić information content (AvgIpc) is 2.22. The van der Waals surface area contributed by atoms with Crippen LogP contribution in [0.4, 0.5) is 0 Å². The van der Waals surface area contributed by atoms with E-state index < -0.39 is 23.0 Å². The van der Waals surface area contributed by atoms with Crippen LogP contribution in [-0.4, -0.2) is 37.7 Å². The fourth-order valence-electron chi connectivity index (χ4n) is 1.55. The molecule has 0 saturated carbocycles. The molecule has 0 aromatic carbocycles. The van der Waals surface area contributed by atoms with E-state index >= 15 is 0 Å². The highest BCUT2D eigenvalue weighted by Gasteiger charge is 2.37. The third-order valence-corrected chi connectivity index (χ3v) is 2.40. The molecule has 1 atom stereocenters. The normalized spacial score (nSPS) is 14.8. The van der Waals surface area contributed by atoms with E-state index in [4.69, 9.17) is 9.47 Å². The summed E-state index contributed by atoms with van der Waals surface area (Å²) in [5.74, 6) is -0.803. The number of carbonyl (C=O) groups is 2. The van der Waals surface area contributed by atoms with E-state index in [1.807, 2.05) is 6.92 Å². The van der Waals surface area contributed by atoms with Crippen LogP contribution < -0.4 is 5.32 Å². The van der Waals surface area contributed by atoms with E-state index in [-0.39, 0.29) is 6.42 Å². The van der Waals surface area contributed by atoms with E-state index in [0.717, 1.165) is 6.54 Å². The minimum absolute atomic E-state index is 0.00391. The van der Waals surface area contributed by atoms with Gasteiger partial charge in [0.15, 0.2) is 0 Å². The molecule has 0 aliphatic rings. The van der Waals surface area contributed by atoms with Crippen LogP contribution in [-0.2, 0) is 19.1 Å². The lowest BCUT2D eigenvalue weighted by Crippen LogP contribution is -2.42. The van der Waals surface area contributed by atoms with E-state index in [2.05, 4.69) is 5.32 Å². The first-order chi connectivity index (χ1) is 8.14. The van der Waals surface area contributed by atoms with Crippen LogP contribution in [0.5, 0.6) is 0 Å². The average molecular weight is 259 g/mol. The summed E-state index contributed by atoms with van der Waals surface area (Å²) in [5, 5.41) is 3.06. The van der Waals surface area contributed by atoms with Gasteiger partial charge in [-0.1, -0.05) is 6.92 Å². The SMILES string of the molecule is CCNC[C@@](C)(CC(=O)OC(C)(C)C)C(=O)OC. The third kappa shape index (κ3) is 6.00. The molecule has 0 aromatic heterocycles. The first-order valence-electron chi connectivity index (χ1n) is 6.15. The molecule has 0 unspecified atom stereocenters. The largest absolute Gasteiger partial charge is 0.469 e. The lowest BCUT2D eigenvalue weighted by Gasteiger charge is -2.28. The number of hydrogen-bond donors (Lipinski definition) is 1. The molecule has 0 aromatic rings. The second-order valence-corrected chi connectivity index (χ2v) is 5.60. The smallest absolute Gasteiger partial charge is 0.313 e. The first-order valence-corrected chi connectivity index (χ1v) is 6.15. The minimum atomic E-state index is -0.896. The van der Waals surface area contributed by atoms with Gasteiger partial charge in [-0.25, -0.2) is 0 Å². The zero-order chi connectivity index (χ0) is 14.4. The van der Waals surface area contributed by atoms with Gasteiger partial charge in [-0.3, -0.25) is 9.59 Å². The molecule has 1 N–H and O–H groups in total. The molecule has 0 aliphatic heterocycles. The van der Waals surface area contributed by atoms with Crippen molar-refractivity contribution in [1.29, 1.82) is 0 Å². The molecule has 0 rings (SSSR count). The van der Waals surface area contributed by atoms with Crippen LogP contribution in [0.2, 0.25) is 0 Å². The summed E-state index contributed by atoms with van der Waals surface area (Å²) < 4.78 is 9.99. The zero-order valence-electron chi connectivity index (χ0n) is 12.3. The standard InChI is InChI=1S/C13H25NO4/c1-7-14-9-13(5,11(16)17-6)8-10(15)18-12(2,3)4/h14H,7-9H2,1-6H3/t13-/m1/s1. The molecule has 0 aliphatic carbocycles. The van der Waals surface area contributed by atoms with Crippen molar-refractivity contribution in [1.82, 2.24) is 5.32 Å². The number of ether oxygens (including phenoxy) is 2. The van der Waals surface area contributed by atoms with E-state index in [1.54, 1.807) is 27.7 Å². The molecule has 106 valence electrons. The van der Waals surface area contributed by atoms with Gasteiger partial charge < -0.3 is 14.8 Å². The summed E-state index contributed by atoms with van der Waals surface area (Å²) in [6.07, 6.45) is 0.00391. The van der Waals surface area contributed by atoms with Gasteiger partial charge >= 0.3 is 11.9 Å². The van der Waals surface area contributed by atoms with Gasteiger partial charge in [-0.2, -0.15) is 0 Å². The maximum Gasteiger partial charge on any atom is 0.313 e. The Bertz CT molecular complexity index is 296. The number of methoxy groups -OCH3 is 1. The van der Waals surface area contributed by atoms with Gasteiger partial charge in [-0.15, -0.1) is 0 Å². The Kier molecular flexibility index (Phi) is 6.32. The Morgan fingerprint density at radius 1 is 1.17 bits per heavy atom. The van der Waals surface area contributed by atoms with Crippen molar-refractivity contribution in [2.24, 2.45) is 5.41 Å². The molecule has 0 saturated heterocycles. The van der Waals surface area contributed by atoms with Crippen molar-refractivity contribution in [3.63, 3.8) is 0 Å². The zero-order valence-corrected chi connectivity index (χ0v) is 12.3. The summed E-state index contributed by atoms with van der Waals surface area (Å²) in [4.78, 5) is 23.6. The Morgan fingerprint density at radius 2 is 1.72 bits per heavy atom. The Hall–Kier alpha value is -1.10. The lowest BCUT2D eigenvalue weighted by molar-refractivity contribution is -0.165. The van der Waals surface area contributed by atoms with Crippen molar-refractivity contribution in [3.05, 3.63) is 0 Å². The van der Waals surface area contributed by atoms with Crippen molar-refractivity contribution in [2.75, 3.05) is 20.2 Å². The van der Waals surface area contributed by atoms with Crippen LogP contribution in [0, 0.1) is 5.41 Å². The highest BCUT2D eigenvalue weighted by Crippen LogP contribution is 2.24. The molecule has 5 heteroatoms. The molecule has 5 nitrogen and oxygen atoms in total. The molecule has 0 bridgehead atoms. The fourth-order valence-corrected chi connectivity index (χ4v) is 1.55. The van der Waals surface area contributed by atoms with Crippen LogP contribution >= 0.6 is 0 Å². The monoisotopic (exact) mass is 259 g/mol. The van der Waals surface area contributed by atoms with E-state index in [0.29, 0.717) is 6.54 Å². The van der Waals surface area contributed by atoms with Crippen molar-refractivity contribution < 1.29 is 19.1 Å². The fraction of sp³-hybridized carbons (Fsp3) is 0.846. The number of hydrogen-bond acceptors (Lipinski definition) is 5. The molecular weight excluding hydrogens is 234 g/mol. The second-order valence-electron chi connectivity index (χ2n) is 5.60. The van der Waals surface area contributed by atoms with E-state index in [9.17, 15) is 9.59 Å². The van der Waals surface area contributed by atoms with Crippen LogP contribution in [0.1, 0.15) is 41.0 Å². The van der Waals surface area contributed by atoms with Crippen LogP contribution in [0.3, 0.4) is 0 Å². The van der Waals surface area contributed by atoms with E-state index in [1.165, 1.54) is 7.11 Å². The maximum atomic E-state index is 11.8. The van der Waals surface area contributed by atoms with Crippen molar-refractivity contribution >= 4 is 11.9 Å². The molecule has 0 heterocycles. The van der Waals surface area contributed by atoms with Crippen molar-refractivity contribution in [2.45, 2.75) is 46.6 Å². The lowest BCUT2D eigenvalue weighted by atomic mass is 9.86. The van der Waals surface area contributed by atoms with Gasteiger partial charge in [0.25, 0.3) is 0 Å². The Balaban J connectivity index is 4.69. The number of nitrogens with one attached hydrogen (secondary N) is 1. The minimum Gasteiger partial charge on any atom is -0.469 e. The van der Waals surface area contributed by atoms with Crippen molar-refractivity contribution in [3.8, 4) is 0 Å². The van der Waals surface area contributed by atoms with Gasteiger partial charge in [-0.05, 0) is 34.2 Å². The molecular formula is C13H25NO4. The molecule has 0 amide bonds. The summed E-state index contributed by atoms with van der Waals surface area (Å²) >= 11 is 0.